The van der Waals surface area contributed by atoms with Gasteiger partial charge in [-0.05, 0) is 18.6 Å². The molecule has 1 aliphatic rings. The van der Waals surface area contributed by atoms with E-state index in [0.717, 1.165) is 17.7 Å². The smallest absolute Gasteiger partial charge is 0.325 e. The van der Waals surface area contributed by atoms with Crippen molar-refractivity contribution in [1.82, 2.24) is 29.5 Å². The van der Waals surface area contributed by atoms with Crippen LogP contribution in [0.2, 0.25) is 0 Å². The van der Waals surface area contributed by atoms with E-state index in [2.05, 4.69) is 20.3 Å². The molecule has 0 radical (unpaired) electrons. The van der Waals surface area contributed by atoms with Gasteiger partial charge in [-0.25, -0.2) is 9.67 Å². The highest BCUT2D eigenvalue weighted by atomic mass is 16.5. The zero-order valence-electron chi connectivity index (χ0n) is 13.3. The van der Waals surface area contributed by atoms with Crippen molar-refractivity contribution in [2.45, 2.75) is 18.9 Å². The van der Waals surface area contributed by atoms with E-state index in [-0.39, 0.29) is 12.5 Å². The molecule has 9 heteroatoms. The molecule has 0 bridgehead atoms. The topological polar surface area (TPSA) is 108 Å². The molecule has 1 aromatic carbocycles. The fourth-order valence-corrected chi connectivity index (χ4v) is 2.92. The third-order valence-electron chi connectivity index (χ3n) is 4.11. The molecular formula is C16H16N6O3. The molecule has 9 nitrogen and oxygen atoms in total. The minimum atomic E-state index is -0.970. The molecule has 0 spiro atoms. The highest BCUT2D eigenvalue weighted by Crippen LogP contribution is 2.29. The predicted octanol–water partition coefficient (Wildman–Crippen LogP) is 1.11. The normalized spacial score (nSPS) is 17.0. The molecule has 1 aliphatic heterocycles. The monoisotopic (exact) mass is 340 g/mol. The average Bonchev–Trinajstić information content (AvgIpc) is 3.35. The second-order valence-corrected chi connectivity index (χ2v) is 5.79. The van der Waals surface area contributed by atoms with Crippen LogP contribution in [-0.2, 0) is 16.1 Å². The SMILES string of the molecule is O=C(O)Cn1nc(C2CCOC2)nc1-c1ccccc1-n1cnnc1. The van der Waals surface area contributed by atoms with Gasteiger partial charge in [0.25, 0.3) is 0 Å². The maximum Gasteiger partial charge on any atom is 0.325 e. The quantitative estimate of drug-likeness (QED) is 0.741. The zero-order chi connectivity index (χ0) is 17.2. The number of rotatable bonds is 5. The Balaban J connectivity index is 1.83. The van der Waals surface area contributed by atoms with Gasteiger partial charge < -0.3 is 9.84 Å². The van der Waals surface area contributed by atoms with Crippen LogP contribution in [0.5, 0.6) is 0 Å². The molecule has 128 valence electrons. The number of ether oxygens (including phenoxy) is 1. The summed E-state index contributed by atoms with van der Waals surface area (Å²) in [5.74, 6) is 0.249. The molecule has 1 N–H and O–H groups in total. The van der Waals surface area contributed by atoms with Crippen LogP contribution in [0.3, 0.4) is 0 Å². The van der Waals surface area contributed by atoms with Gasteiger partial charge in [0, 0.05) is 18.1 Å². The van der Waals surface area contributed by atoms with Gasteiger partial charge in [0.15, 0.2) is 11.6 Å². The Morgan fingerprint density at radius 3 is 2.80 bits per heavy atom. The van der Waals surface area contributed by atoms with Crippen LogP contribution in [0.15, 0.2) is 36.9 Å². The van der Waals surface area contributed by atoms with Crippen molar-refractivity contribution >= 4 is 5.97 Å². The summed E-state index contributed by atoms with van der Waals surface area (Å²) >= 11 is 0. The second-order valence-electron chi connectivity index (χ2n) is 5.79. The number of carboxylic acid groups (broad SMARTS) is 1. The van der Waals surface area contributed by atoms with E-state index in [1.54, 1.807) is 17.2 Å². The van der Waals surface area contributed by atoms with Gasteiger partial charge in [-0.3, -0.25) is 9.36 Å². The summed E-state index contributed by atoms with van der Waals surface area (Å²) in [5.41, 5.74) is 1.57. The van der Waals surface area contributed by atoms with Gasteiger partial charge in [0.05, 0.1) is 12.3 Å². The number of aromatic nitrogens is 6. The number of benzene rings is 1. The minimum Gasteiger partial charge on any atom is -0.480 e. The maximum absolute atomic E-state index is 11.3. The molecule has 3 aromatic rings. The van der Waals surface area contributed by atoms with Crippen LogP contribution in [0.4, 0.5) is 0 Å². The number of carbonyl (C=O) groups is 1. The summed E-state index contributed by atoms with van der Waals surface area (Å²) in [7, 11) is 0. The Bertz CT molecular complexity index is 883. The second kappa shape index (κ2) is 6.44. The van der Waals surface area contributed by atoms with E-state index in [0.29, 0.717) is 24.9 Å². The molecule has 1 atom stereocenters. The Hall–Kier alpha value is -3.07. The van der Waals surface area contributed by atoms with Gasteiger partial charge in [-0.1, -0.05) is 12.1 Å². The van der Waals surface area contributed by atoms with E-state index in [1.807, 2.05) is 24.3 Å². The molecule has 2 aromatic heterocycles. The van der Waals surface area contributed by atoms with E-state index in [9.17, 15) is 9.90 Å². The molecule has 4 rings (SSSR count). The van der Waals surface area contributed by atoms with Crippen LogP contribution in [-0.4, -0.2) is 53.8 Å². The van der Waals surface area contributed by atoms with Crippen molar-refractivity contribution in [2.24, 2.45) is 0 Å². The van der Waals surface area contributed by atoms with Crippen molar-refractivity contribution in [3.8, 4) is 17.1 Å². The molecule has 3 heterocycles. The summed E-state index contributed by atoms with van der Waals surface area (Å²) < 4.78 is 8.59. The zero-order valence-corrected chi connectivity index (χ0v) is 13.3. The van der Waals surface area contributed by atoms with Crippen molar-refractivity contribution < 1.29 is 14.6 Å². The third-order valence-corrected chi connectivity index (χ3v) is 4.11. The number of nitrogens with zero attached hydrogens (tertiary/aromatic N) is 6. The van der Waals surface area contributed by atoms with Crippen LogP contribution in [0.25, 0.3) is 17.1 Å². The molecule has 1 unspecified atom stereocenters. The van der Waals surface area contributed by atoms with Crippen LogP contribution < -0.4 is 0 Å². The summed E-state index contributed by atoms with van der Waals surface area (Å²) in [6, 6.07) is 7.55. The highest BCUT2D eigenvalue weighted by Gasteiger charge is 2.25. The first-order valence-corrected chi connectivity index (χ1v) is 7.91. The number of carboxylic acids is 1. The van der Waals surface area contributed by atoms with E-state index in [4.69, 9.17) is 4.74 Å². The van der Waals surface area contributed by atoms with Crippen LogP contribution >= 0.6 is 0 Å². The fraction of sp³-hybridized carbons (Fsp3) is 0.312. The lowest BCUT2D eigenvalue weighted by Crippen LogP contribution is -2.12. The Morgan fingerprint density at radius 2 is 2.08 bits per heavy atom. The largest absolute Gasteiger partial charge is 0.480 e. The Labute approximate surface area is 142 Å². The van der Waals surface area contributed by atoms with Gasteiger partial charge >= 0.3 is 5.97 Å². The maximum atomic E-state index is 11.3. The van der Waals surface area contributed by atoms with Crippen LogP contribution in [0, 0.1) is 0 Å². The summed E-state index contributed by atoms with van der Waals surface area (Å²) in [6.45, 7) is 0.973. The predicted molar refractivity (Wildman–Crippen MR) is 86.2 cm³/mol. The standard InChI is InChI=1S/C16H16N6O3/c23-14(24)7-22-16(19-15(20-22)11-5-6-25-8-11)12-3-1-2-4-13(12)21-9-17-18-10-21/h1-4,9-11H,5-8H2,(H,23,24). The Morgan fingerprint density at radius 1 is 1.28 bits per heavy atom. The first-order chi connectivity index (χ1) is 12.2. The lowest BCUT2D eigenvalue weighted by molar-refractivity contribution is -0.137. The minimum absolute atomic E-state index is 0.0934. The molecule has 25 heavy (non-hydrogen) atoms. The molecule has 1 fully saturated rings. The number of aliphatic carboxylic acids is 1. The van der Waals surface area contributed by atoms with Crippen LogP contribution in [0.1, 0.15) is 18.2 Å². The van der Waals surface area contributed by atoms with Gasteiger partial charge in [0.2, 0.25) is 0 Å². The van der Waals surface area contributed by atoms with Crippen molar-refractivity contribution in [1.29, 1.82) is 0 Å². The number of hydrogen-bond donors (Lipinski definition) is 1. The van der Waals surface area contributed by atoms with Crippen molar-refractivity contribution in [3.63, 3.8) is 0 Å². The lowest BCUT2D eigenvalue weighted by Gasteiger charge is -2.09. The first kappa shape index (κ1) is 15.5. The molecular weight excluding hydrogens is 324 g/mol. The third kappa shape index (κ3) is 3.01. The highest BCUT2D eigenvalue weighted by molar-refractivity contribution is 5.71. The van der Waals surface area contributed by atoms with E-state index >= 15 is 0 Å². The summed E-state index contributed by atoms with van der Waals surface area (Å²) in [6.07, 6.45) is 4.01. The molecule has 1 saturated heterocycles. The lowest BCUT2D eigenvalue weighted by atomic mass is 10.1. The molecule has 0 aliphatic carbocycles. The fourth-order valence-electron chi connectivity index (χ4n) is 2.92. The average molecular weight is 340 g/mol. The molecule has 0 saturated carbocycles. The van der Waals surface area contributed by atoms with Gasteiger partial charge in [-0.15, -0.1) is 10.2 Å². The first-order valence-electron chi connectivity index (χ1n) is 7.91. The van der Waals surface area contributed by atoms with E-state index in [1.165, 1.54) is 4.68 Å². The Kier molecular flexibility index (Phi) is 3.98. The summed E-state index contributed by atoms with van der Waals surface area (Å²) in [5, 5.41) is 21.3. The summed E-state index contributed by atoms with van der Waals surface area (Å²) in [4.78, 5) is 15.9. The van der Waals surface area contributed by atoms with Gasteiger partial charge in [-0.2, -0.15) is 5.10 Å². The van der Waals surface area contributed by atoms with E-state index < -0.39 is 5.97 Å². The van der Waals surface area contributed by atoms with Gasteiger partial charge in [0.1, 0.15) is 19.2 Å². The van der Waals surface area contributed by atoms with Crippen molar-refractivity contribution in [2.75, 3.05) is 13.2 Å². The number of para-hydroxylation sites is 1. The van der Waals surface area contributed by atoms with Crippen molar-refractivity contribution in [3.05, 3.63) is 42.7 Å². The number of hydrogen-bond acceptors (Lipinski definition) is 6. The molecule has 0 amide bonds.